The molecule has 6 nitrogen and oxygen atoms in total. The molecule has 4 aromatic rings. The van der Waals surface area contributed by atoms with Crippen LogP contribution >= 0.6 is 0 Å². The lowest BCUT2D eigenvalue weighted by molar-refractivity contribution is -0.141. The van der Waals surface area contributed by atoms with Crippen LogP contribution in [0.1, 0.15) is 28.7 Å². The molecule has 0 unspecified atom stereocenters. The first-order valence-corrected chi connectivity index (χ1v) is 13.3. The molecule has 1 N–H and O–H groups in total. The van der Waals surface area contributed by atoms with Crippen LogP contribution in [0.3, 0.4) is 0 Å². The van der Waals surface area contributed by atoms with Crippen molar-refractivity contribution in [2.45, 2.75) is 38.4 Å². The van der Waals surface area contributed by atoms with Crippen molar-refractivity contribution in [1.29, 1.82) is 0 Å². The Hall–Kier alpha value is -4.65. The summed E-state index contributed by atoms with van der Waals surface area (Å²) in [7, 11) is 0. The van der Waals surface area contributed by atoms with Crippen LogP contribution in [0.5, 0.6) is 11.5 Å². The summed E-state index contributed by atoms with van der Waals surface area (Å²) < 4.78 is 24.5. The molecular weight excluding hydrogens is 507 g/mol. The summed E-state index contributed by atoms with van der Waals surface area (Å²) in [5.41, 5.74) is 3.59. The Bertz CT molecular complexity index is 1430. The van der Waals surface area contributed by atoms with Gasteiger partial charge >= 0.3 is 0 Å². The second-order valence-corrected chi connectivity index (χ2v) is 9.74. The minimum absolute atomic E-state index is 0.146. The number of ether oxygens (including phenoxy) is 2. The van der Waals surface area contributed by atoms with Crippen LogP contribution in [0.25, 0.3) is 0 Å². The summed E-state index contributed by atoms with van der Waals surface area (Å²) in [5, 5.41) is 3.03. The third-order valence-electron chi connectivity index (χ3n) is 6.91. The molecule has 1 atom stereocenters. The molecule has 1 aliphatic heterocycles. The Morgan fingerprint density at radius 2 is 1.43 bits per heavy atom. The fraction of sp³-hybridized carbons (Fsp3) is 0.212. The van der Waals surface area contributed by atoms with Crippen molar-refractivity contribution in [3.63, 3.8) is 0 Å². The molecule has 0 spiro atoms. The molecule has 0 saturated heterocycles. The van der Waals surface area contributed by atoms with Gasteiger partial charge in [-0.3, -0.25) is 9.59 Å². The van der Waals surface area contributed by atoms with E-state index in [0.717, 1.165) is 22.3 Å². The highest BCUT2D eigenvalue weighted by Gasteiger charge is 2.30. The zero-order valence-electron chi connectivity index (χ0n) is 22.1. The summed E-state index contributed by atoms with van der Waals surface area (Å²) in [5.74, 6) is 0.546. The van der Waals surface area contributed by atoms with Crippen molar-refractivity contribution in [2.75, 3.05) is 6.79 Å². The van der Waals surface area contributed by atoms with Crippen molar-refractivity contribution < 1.29 is 23.5 Å². The third-order valence-corrected chi connectivity index (χ3v) is 6.91. The van der Waals surface area contributed by atoms with Gasteiger partial charge in [-0.2, -0.15) is 0 Å². The van der Waals surface area contributed by atoms with Gasteiger partial charge in [0.2, 0.25) is 18.6 Å². The molecule has 1 heterocycles. The van der Waals surface area contributed by atoms with Crippen LogP contribution in [-0.4, -0.2) is 29.5 Å². The summed E-state index contributed by atoms with van der Waals surface area (Å²) in [4.78, 5) is 29.2. The Morgan fingerprint density at radius 1 is 0.775 bits per heavy atom. The lowest BCUT2D eigenvalue weighted by Gasteiger charge is -2.32. The average molecular weight is 539 g/mol. The number of aryl methyl sites for hydroxylation is 1. The number of carbonyl (C=O) groups is 2. The van der Waals surface area contributed by atoms with Crippen molar-refractivity contribution in [3.05, 3.63) is 131 Å². The number of carbonyl (C=O) groups excluding carboxylic acids is 2. The number of hydrogen-bond acceptors (Lipinski definition) is 4. The number of nitrogens with one attached hydrogen (secondary N) is 1. The maximum Gasteiger partial charge on any atom is 0.243 e. The standard InChI is InChI=1S/C33H31FN2O4/c34-28-15-11-26(12-16-28)22-36(32(37)18-14-24-7-3-1-4-8-24)29(19-25-9-5-2-6-10-25)33(38)35-21-27-13-17-30-31(20-27)40-23-39-30/h1-13,15-17,20,29H,14,18-19,21-23H2,(H,35,38)/t29-/m1/s1. The van der Waals surface area contributed by atoms with Gasteiger partial charge in [-0.25, -0.2) is 4.39 Å². The van der Waals surface area contributed by atoms with Gasteiger partial charge in [-0.15, -0.1) is 0 Å². The molecule has 204 valence electrons. The lowest BCUT2D eigenvalue weighted by Crippen LogP contribution is -2.50. The van der Waals surface area contributed by atoms with E-state index in [2.05, 4.69) is 5.32 Å². The smallest absolute Gasteiger partial charge is 0.243 e. The van der Waals surface area contributed by atoms with Crippen LogP contribution in [0.2, 0.25) is 0 Å². The van der Waals surface area contributed by atoms with E-state index in [1.165, 1.54) is 12.1 Å². The van der Waals surface area contributed by atoms with Gasteiger partial charge in [0.15, 0.2) is 11.5 Å². The summed E-state index contributed by atoms with van der Waals surface area (Å²) in [6.07, 6.45) is 1.13. The monoisotopic (exact) mass is 538 g/mol. The van der Waals surface area contributed by atoms with E-state index >= 15 is 0 Å². The Labute approximate surface area is 233 Å². The molecule has 2 amide bonds. The average Bonchev–Trinajstić information content (AvgIpc) is 3.46. The second kappa shape index (κ2) is 12.9. The van der Waals surface area contributed by atoms with Crippen molar-refractivity contribution in [2.24, 2.45) is 0 Å². The van der Waals surface area contributed by atoms with E-state index in [1.807, 2.05) is 78.9 Å². The molecule has 0 bridgehead atoms. The topological polar surface area (TPSA) is 67.9 Å². The van der Waals surface area contributed by atoms with Gasteiger partial charge in [0.25, 0.3) is 0 Å². The van der Waals surface area contributed by atoms with Crippen molar-refractivity contribution in [3.8, 4) is 11.5 Å². The molecule has 0 aliphatic carbocycles. The zero-order valence-corrected chi connectivity index (χ0v) is 22.1. The number of fused-ring (bicyclic) bond motifs is 1. The van der Waals surface area contributed by atoms with Crippen LogP contribution in [0, 0.1) is 5.82 Å². The molecule has 5 rings (SSSR count). The molecule has 0 fully saturated rings. The number of amides is 2. The van der Waals surface area contributed by atoms with Crippen LogP contribution in [0.4, 0.5) is 4.39 Å². The van der Waals surface area contributed by atoms with E-state index in [0.29, 0.717) is 24.3 Å². The van der Waals surface area contributed by atoms with Crippen LogP contribution < -0.4 is 14.8 Å². The molecule has 7 heteroatoms. The van der Waals surface area contributed by atoms with E-state index < -0.39 is 6.04 Å². The molecule has 0 saturated carbocycles. The maximum atomic E-state index is 13.8. The number of nitrogens with zero attached hydrogens (tertiary/aromatic N) is 1. The number of rotatable bonds is 11. The van der Waals surface area contributed by atoms with Crippen molar-refractivity contribution >= 4 is 11.8 Å². The second-order valence-electron chi connectivity index (χ2n) is 9.74. The largest absolute Gasteiger partial charge is 0.454 e. The summed E-state index contributed by atoms with van der Waals surface area (Å²) in [6, 6.07) is 30.2. The molecule has 4 aromatic carbocycles. The predicted octanol–water partition coefficient (Wildman–Crippen LogP) is 5.44. The van der Waals surface area contributed by atoms with Gasteiger partial charge < -0.3 is 19.7 Å². The van der Waals surface area contributed by atoms with Crippen LogP contribution in [-0.2, 0) is 35.5 Å². The van der Waals surface area contributed by atoms with Crippen molar-refractivity contribution in [1.82, 2.24) is 10.2 Å². The number of halogens is 1. The predicted molar refractivity (Wildman–Crippen MR) is 150 cm³/mol. The maximum absolute atomic E-state index is 13.8. The minimum atomic E-state index is -0.773. The normalized spacial score (nSPS) is 12.5. The van der Waals surface area contributed by atoms with Gasteiger partial charge in [0.1, 0.15) is 11.9 Å². The summed E-state index contributed by atoms with van der Waals surface area (Å²) >= 11 is 0. The van der Waals surface area contributed by atoms with Gasteiger partial charge in [0.05, 0.1) is 0 Å². The van der Waals surface area contributed by atoms with Gasteiger partial charge in [-0.05, 0) is 52.9 Å². The quantitative estimate of drug-likeness (QED) is 0.276. The van der Waals surface area contributed by atoms with E-state index in [4.69, 9.17) is 9.47 Å². The highest BCUT2D eigenvalue weighted by atomic mass is 19.1. The fourth-order valence-corrected chi connectivity index (χ4v) is 4.74. The Balaban J connectivity index is 1.39. The third kappa shape index (κ3) is 7.05. The Kier molecular flexibility index (Phi) is 8.71. The Morgan fingerprint density at radius 3 is 2.15 bits per heavy atom. The van der Waals surface area contributed by atoms with Gasteiger partial charge in [-0.1, -0.05) is 78.9 Å². The lowest BCUT2D eigenvalue weighted by atomic mass is 10.0. The zero-order chi connectivity index (χ0) is 27.7. The summed E-state index contributed by atoms with van der Waals surface area (Å²) in [6.45, 7) is 0.625. The number of benzene rings is 4. The first-order chi connectivity index (χ1) is 19.5. The molecule has 1 aliphatic rings. The first kappa shape index (κ1) is 26.9. The molecule has 40 heavy (non-hydrogen) atoms. The highest BCUT2D eigenvalue weighted by molar-refractivity contribution is 5.88. The molecule has 0 aromatic heterocycles. The minimum Gasteiger partial charge on any atom is -0.454 e. The van der Waals surface area contributed by atoms with Crippen LogP contribution in [0.15, 0.2) is 103 Å². The van der Waals surface area contributed by atoms with E-state index in [1.54, 1.807) is 17.0 Å². The van der Waals surface area contributed by atoms with E-state index in [9.17, 15) is 14.0 Å². The highest BCUT2D eigenvalue weighted by Crippen LogP contribution is 2.32. The number of hydrogen-bond donors (Lipinski definition) is 1. The molecule has 0 radical (unpaired) electrons. The van der Waals surface area contributed by atoms with Gasteiger partial charge in [0, 0.05) is 25.9 Å². The first-order valence-electron chi connectivity index (χ1n) is 13.3. The SMILES string of the molecule is O=C(NCc1ccc2c(c1)OCO2)[C@@H](Cc1ccccc1)N(Cc1ccc(F)cc1)C(=O)CCc1ccccc1. The fourth-order valence-electron chi connectivity index (χ4n) is 4.74. The molecular formula is C33H31FN2O4. The van der Waals surface area contributed by atoms with E-state index in [-0.39, 0.29) is 43.9 Å².